The molecule has 0 aromatic rings. The fraction of sp³-hybridized carbons (Fsp3) is 0.727. The van der Waals surface area contributed by atoms with E-state index in [1.807, 2.05) is 0 Å². The van der Waals surface area contributed by atoms with Crippen molar-refractivity contribution >= 4 is 24.0 Å². The molecule has 0 amide bonds. The van der Waals surface area contributed by atoms with Crippen LogP contribution in [0.1, 0.15) is 20.3 Å². The van der Waals surface area contributed by atoms with Gasteiger partial charge in [0.2, 0.25) is 0 Å². The van der Waals surface area contributed by atoms with Gasteiger partial charge in [-0.2, -0.15) is 0 Å². The molecule has 1 aliphatic heterocycles. The third kappa shape index (κ3) is 1.88. The molecule has 2 aliphatic rings. The molecule has 0 radical (unpaired) electrons. The summed E-state index contributed by atoms with van der Waals surface area (Å²) >= 11 is -1.65. The van der Waals surface area contributed by atoms with Gasteiger partial charge in [-0.25, -0.2) is 0 Å². The Morgan fingerprint density at radius 1 is 1.47 bits per heavy atom. The van der Waals surface area contributed by atoms with Crippen molar-refractivity contribution in [1.29, 1.82) is 0 Å². The molecule has 0 N–H and O–H groups in total. The van der Waals surface area contributed by atoms with E-state index in [2.05, 4.69) is 30.6 Å². The van der Waals surface area contributed by atoms with Crippen LogP contribution in [0.2, 0.25) is 0 Å². The van der Waals surface area contributed by atoms with Crippen LogP contribution in [0.4, 0.5) is 0 Å². The molecular formula is C11H16Cl2ORu. The molecule has 0 aromatic heterocycles. The fourth-order valence-electron chi connectivity index (χ4n) is 3.05. The molecular weight excluding hydrogens is 320 g/mol. The van der Waals surface area contributed by atoms with Gasteiger partial charge >= 0.3 is 105 Å². The Balaban J connectivity index is 2.27. The molecule has 1 saturated carbocycles. The average Bonchev–Trinajstić information content (AvgIpc) is 2.39. The van der Waals surface area contributed by atoms with Crippen molar-refractivity contribution in [3.8, 4) is 0 Å². The quantitative estimate of drug-likeness (QED) is 0.555. The second kappa shape index (κ2) is 4.57. The number of fused-ring (bicyclic) bond motifs is 1. The van der Waals surface area contributed by atoms with Gasteiger partial charge in [-0.3, -0.25) is 0 Å². The van der Waals surface area contributed by atoms with Crippen molar-refractivity contribution in [1.82, 2.24) is 0 Å². The Kier molecular flexibility index (Phi) is 3.73. The fourth-order valence-corrected chi connectivity index (χ4v) is 5.59. The first-order valence-electron chi connectivity index (χ1n) is 5.20. The molecule has 0 spiro atoms. The minimum absolute atomic E-state index is 0.199. The van der Waals surface area contributed by atoms with E-state index < -0.39 is 13.5 Å². The summed E-state index contributed by atoms with van der Waals surface area (Å²) in [6.07, 6.45) is 5.94. The van der Waals surface area contributed by atoms with Gasteiger partial charge in [0.1, 0.15) is 0 Å². The summed E-state index contributed by atoms with van der Waals surface area (Å²) in [6, 6.07) is 0. The third-order valence-corrected chi connectivity index (χ3v) is 6.02. The van der Waals surface area contributed by atoms with E-state index in [9.17, 15) is 0 Å². The van der Waals surface area contributed by atoms with Gasteiger partial charge < -0.3 is 0 Å². The van der Waals surface area contributed by atoms with Gasteiger partial charge in [0.15, 0.2) is 0 Å². The predicted molar refractivity (Wildman–Crippen MR) is 62.0 cm³/mol. The Hall–Kier alpha value is 0.773. The summed E-state index contributed by atoms with van der Waals surface area (Å²) in [6.45, 7) is 5.13. The predicted octanol–water partition coefficient (Wildman–Crippen LogP) is 3.33. The molecule has 1 nitrogen and oxygen atoms in total. The number of hydrogen-bond acceptors (Lipinski definition) is 1. The van der Waals surface area contributed by atoms with Crippen LogP contribution in [0.5, 0.6) is 0 Å². The zero-order chi connectivity index (χ0) is 11.1. The standard InChI is InChI=1S/C11H16O.2ClH.Ru/c1-4-5-11-8(2)6-10(11)7-12-9(11)3;;;/h2,4-5,8-10H,6-7H2,1,3H3;2*1H;/q;;;+2/p-2/b5-4+;;;/t8-,9+,10+,11-;;;/m1.../s1. The molecule has 0 unspecified atom stereocenters. The molecule has 4 atom stereocenters. The molecule has 1 aliphatic carbocycles. The van der Waals surface area contributed by atoms with E-state index >= 15 is 0 Å². The summed E-state index contributed by atoms with van der Waals surface area (Å²) in [5.74, 6) is 1.21. The molecule has 0 aromatic carbocycles. The maximum absolute atomic E-state index is 5.97. The van der Waals surface area contributed by atoms with E-state index in [0.717, 1.165) is 6.61 Å². The van der Waals surface area contributed by atoms with E-state index in [4.69, 9.17) is 24.1 Å². The van der Waals surface area contributed by atoms with Crippen molar-refractivity contribution in [2.24, 2.45) is 17.3 Å². The van der Waals surface area contributed by atoms with Crippen LogP contribution in [0.15, 0.2) is 12.2 Å². The maximum atomic E-state index is 5.97. The number of ether oxygens (including phenoxy) is 1. The van der Waals surface area contributed by atoms with E-state index in [0.29, 0.717) is 17.9 Å². The minimum atomic E-state index is -1.65. The Morgan fingerprint density at radius 2 is 2.20 bits per heavy atom. The van der Waals surface area contributed by atoms with Gasteiger partial charge in [0.05, 0.1) is 0 Å². The molecule has 2 rings (SSSR count). The first-order chi connectivity index (χ1) is 7.11. The Bertz CT molecular complexity index is 304. The molecule has 0 bridgehead atoms. The summed E-state index contributed by atoms with van der Waals surface area (Å²) in [7, 11) is 11.9. The van der Waals surface area contributed by atoms with Crippen LogP contribution in [0, 0.1) is 17.3 Å². The van der Waals surface area contributed by atoms with Crippen LogP contribution in [0.3, 0.4) is 0 Å². The van der Waals surface area contributed by atoms with Gasteiger partial charge in [-0.1, -0.05) is 0 Å². The number of allylic oxidation sites excluding steroid dienone is 1. The van der Waals surface area contributed by atoms with Gasteiger partial charge in [-0.05, 0) is 0 Å². The number of halogens is 2. The zero-order valence-corrected chi connectivity index (χ0v) is 12.1. The summed E-state index contributed by atoms with van der Waals surface area (Å²) < 4.78 is 7.96. The summed E-state index contributed by atoms with van der Waals surface area (Å²) in [5.41, 5.74) is 0.199. The van der Waals surface area contributed by atoms with Crippen molar-refractivity contribution in [3.63, 3.8) is 0 Å². The monoisotopic (exact) mass is 336 g/mol. The second-order valence-corrected chi connectivity index (χ2v) is 10.1. The Morgan fingerprint density at radius 3 is 2.73 bits per heavy atom. The Labute approximate surface area is 104 Å². The number of rotatable bonds is 2. The first kappa shape index (κ1) is 12.2. The van der Waals surface area contributed by atoms with Crippen molar-refractivity contribution in [3.05, 3.63) is 12.2 Å². The van der Waals surface area contributed by atoms with Crippen LogP contribution < -0.4 is 0 Å². The molecule has 88 valence electrons. The van der Waals surface area contributed by atoms with Gasteiger partial charge in [-0.15, -0.1) is 0 Å². The summed E-state index contributed by atoms with van der Waals surface area (Å²) in [5, 5.41) is 0. The van der Waals surface area contributed by atoms with Gasteiger partial charge in [0, 0.05) is 0 Å². The van der Waals surface area contributed by atoms with Crippen molar-refractivity contribution in [2.75, 3.05) is 6.61 Å². The number of hydrogen-bond donors (Lipinski definition) is 0. The van der Waals surface area contributed by atoms with Crippen molar-refractivity contribution < 1.29 is 18.3 Å². The molecule has 15 heavy (non-hydrogen) atoms. The normalized spacial score (nSPS) is 45.1. The van der Waals surface area contributed by atoms with Crippen LogP contribution in [-0.4, -0.2) is 17.3 Å². The first-order valence-corrected chi connectivity index (χ1v) is 10.7. The molecule has 1 heterocycles. The van der Waals surface area contributed by atoms with E-state index in [1.54, 1.807) is 0 Å². The third-order valence-electron chi connectivity index (χ3n) is 3.83. The second-order valence-electron chi connectivity index (χ2n) is 4.34. The van der Waals surface area contributed by atoms with Gasteiger partial charge in [0.25, 0.3) is 0 Å². The molecule has 4 heteroatoms. The summed E-state index contributed by atoms with van der Waals surface area (Å²) in [4.78, 5) is 0. The molecule has 1 saturated heterocycles. The average molecular weight is 336 g/mol. The SMILES string of the molecule is C/C=C/[C@]12[C@H](CO[C@H]1C)C[C@H]2[CH]=[Ru]([Cl])[Cl]. The van der Waals surface area contributed by atoms with Crippen LogP contribution in [0.25, 0.3) is 0 Å². The molecule has 2 fully saturated rings. The zero-order valence-electron chi connectivity index (χ0n) is 8.90. The topological polar surface area (TPSA) is 9.23 Å². The van der Waals surface area contributed by atoms with Crippen LogP contribution in [-0.2, 0) is 18.3 Å². The van der Waals surface area contributed by atoms with E-state index in [-0.39, 0.29) is 5.41 Å². The van der Waals surface area contributed by atoms with Crippen LogP contribution >= 0.6 is 19.4 Å². The van der Waals surface area contributed by atoms with E-state index in [1.165, 1.54) is 6.42 Å². The van der Waals surface area contributed by atoms with Crippen molar-refractivity contribution in [2.45, 2.75) is 26.4 Å².